The average molecular weight is 406 g/mol. The van der Waals surface area contributed by atoms with Crippen LogP contribution >= 0.6 is 0 Å². The van der Waals surface area contributed by atoms with Gasteiger partial charge in [-0.15, -0.1) is 0 Å². The van der Waals surface area contributed by atoms with Gasteiger partial charge in [0.05, 0.1) is 18.6 Å². The van der Waals surface area contributed by atoms with Crippen LogP contribution in [-0.2, 0) is 9.53 Å². The SMILES string of the molecule is CCOC(=O)[C@H](C)n1cnc2c1c(=O)n(C(C)C)c(=O)n2-c1ccc(F)cc1F. The third-order valence-corrected chi connectivity index (χ3v) is 4.52. The van der Waals surface area contributed by atoms with E-state index in [1.54, 1.807) is 20.8 Å². The molecule has 3 rings (SSSR count). The first-order valence-electron chi connectivity index (χ1n) is 9.05. The molecule has 29 heavy (non-hydrogen) atoms. The van der Waals surface area contributed by atoms with E-state index in [-0.39, 0.29) is 23.5 Å². The van der Waals surface area contributed by atoms with Gasteiger partial charge >= 0.3 is 11.7 Å². The van der Waals surface area contributed by atoms with Gasteiger partial charge in [-0.2, -0.15) is 0 Å². The van der Waals surface area contributed by atoms with Gasteiger partial charge in [-0.1, -0.05) is 0 Å². The molecule has 8 nitrogen and oxygen atoms in total. The second kappa shape index (κ2) is 7.61. The molecule has 0 N–H and O–H groups in total. The van der Waals surface area contributed by atoms with E-state index in [0.717, 1.165) is 21.3 Å². The number of aromatic nitrogens is 4. The molecule has 1 atom stereocenters. The number of esters is 1. The molecule has 0 saturated carbocycles. The zero-order valence-corrected chi connectivity index (χ0v) is 16.3. The minimum absolute atomic E-state index is 0.0671. The molecular formula is C19H20F2N4O4. The maximum absolute atomic E-state index is 14.5. The van der Waals surface area contributed by atoms with Crippen molar-refractivity contribution in [2.45, 2.75) is 39.8 Å². The summed E-state index contributed by atoms with van der Waals surface area (Å²) >= 11 is 0. The van der Waals surface area contributed by atoms with E-state index in [9.17, 15) is 23.2 Å². The molecular weight excluding hydrogens is 386 g/mol. The van der Waals surface area contributed by atoms with Gasteiger partial charge in [0, 0.05) is 12.1 Å². The number of nitrogens with zero attached hydrogens (tertiary/aromatic N) is 4. The number of hydrogen-bond donors (Lipinski definition) is 0. The topological polar surface area (TPSA) is 88.1 Å². The van der Waals surface area contributed by atoms with Gasteiger partial charge in [0.2, 0.25) is 0 Å². The van der Waals surface area contributed by atoms with Crippen molar-refractivity contribution in [2.75, 3.05) is 6.61 Å². The van der Waals surface area contributed by atoms with Crippen LogP contribution in [0, 0.1) is 11.6 Å². The summed E-state index contributed by atoms with van der Waals surface area (Å²) in [5.41, 5.74) is -1.96. The first-order chi connectivity index (χ1) is 13.7. The summed E-state index contributed by atoms with van der Waals surface area (Å²) in [7, 11) is 0. The predicted molar refractivity (Wildman–Crippen MR) is 101 cm³/mol. The number of halogens is 2. The summed E-state index contributed by atoms with van der Waals surface area (Å²) in [5.74, 6) is -2.39. The first kappa shape index (κ1) is 20.4. The molecule has 0 bridgehead atoms. The summed E-state index contributed by atoms with van der Waals surface area (Å²) < 4.78 is 36.0. The van der Waals surface area contributed by atoms with E-state index < -0.39 is 40.9 Å². The van der Waals surface area contributed by atoms with Crippen LogP contribution in [0.5, 0.6) is 0 Å². The predicted octanol–water partition coefficient (Wildman–Crippen LogP) is 2.33. The van der Waals surface area contributed by atoms with Crippen molar-refractivity contribution in [3.05, 3.63) is 57.0 Å². The van der Waals surface area contributed by atoms with Crippen LogP contribution in [0.25, 0.3) is 16.9 Å². The highest BCUT2D eigenvalue weighted by Crippen LogP contribution is 2.20. The summed E-state index contributed by atoms with van der Waals surface area (Å²) in [6.45, 7) is 6.56. The summed E-state index contributed by atoms with van der Waals surface area (Å²) in [6, 6.07) is 1.26. The molecule has 0 aliphatic rings. The Morgan fingerprint density at radius 2 is 1.90 bits per heavy atom. The van der Waals surface area contributed by atoms with Crippen LogP contribution in [-0.4, -0.2) is 31.3 Å². The normalized spacial score (nSPS) is 12.5. The van der Waals surface area contributed by atoms with Crippen molar-refractivity contribution in [3.63, 3.8) is 0 Å². The largest absolute Gasteiger partial charge is 0.464 e. The van der Waals surface area contributed by atoms with E-state index in [4.69, 9.17) is 4.74 Å². The number of carbonyl (C=O) groups is 1. The average Bonchev–Trinajstić information content (AvgIpc) is 3.07. The van der Waals surface area contributed by atoms with Crippen LogP contribution in [0.1, 0.15) is 39.8 Å². The third kappa shape index (κ3) is 3.34. The molecule has 2 heterocycles. The van der Waals surface area contributed by atoms with Crippen LogP contribution in [0.4, 0.5) is 8.78 Å². The van der Waals surface area contributed by atoms with Crippen molar-refractivity contribution in [1.82, 2.24) is 18.7 Å². The van der Waals surface area contributed by atoms with Crippen molar-refractivity contribution in [1.29, 1.82) is 0 Å². The van der Waals surface area contributed by atoms with Crippen molar-refractivity contribution in [3.8, 4) is 5.69 Å². The summed E-state index contributed by atoms with van der Waals surface area (Å²) in [6.07, 6.45) is 1.22. The van der Waals surface area contributed by atoms with Gasteiger partial charge in [0.25, 0.3) is 5.56 Å². The zero-order chi connectivity index (χ0) is 21.5. The number of fused-ring (bicyclic) bond motifs is 1. The van der Waals surface area contributed by atoms with Gasteiger partial charge in [0.1, 0.15) is 17.7 Å². The third-order valence-electron chi connectivity index (χ3n) is 4.52. The second-order valence-corrected chi connectivity index (χ2v) is 6.73. The number of hydrogen-bond acceptors (Lipinski definition) is 5. The quantitative estimate of drug-likeness (QED) is 0.607. The minimum atomic E-state index is -0.990. The Labute approximate surface area is 164 Å². The molecule has 0 saturated heterocycles. The van der Waals surface area contributed by atoms with E-state index in [0.29, 0.717) is 6.07 Å². The molecule has 2 aromatic heterocycles. The lowest BCUT2D eigenvalue weighted by atomic mass is 10.2. The standard InChI is InChI=1S/C19H20F2N4O4/c1-5-29-18(27)11(4)23-9-22-16-15(23)17(26)24(10(2)3)19(28)25(16)14-7-6-12(20)8-13(14)21/h6-11H,5H2,1-4H3/t11-/m0/s1. The summed E-state index contributed by atoms with van der Waals surface area (Å²) in [4.78, 5) is 42.4. The Morgan fingerprint density at radius 3 is 2.48 bits per heavy atom. The molecule has 0 aliphatic carbocycles. The molecule has 0 unspecified atom stereocenters. The van der Waals surface area contributed by atoms with Crippen LogP contribution < -0.4 is 11.2 Å². The van der Waals surface area contributed by atoms with Gasteiger partial charge in [-0.3, -0.25) is 9.36 Å². The van der Waals surface area contributed by atoms with E-state index in [2.05, 4.69) is 4.98 Å². The highest BCUT2D eigenvalue weighted by molar-refractivity contribution is 5.79. The monoisotopic (exact) mass is 406 g/mol. The number of carbonyl (C=O) groups excluding carboxylic acids is 1. The van der Waals surface area contributed by atoms with Gasteiger partial charge in [-0.05, 0) is 39.8 Å². The lowest BCUT2D eigenvalue weighted by molar-refractivity contribution is -0.146. The van der Waals surface area contributed by atoms with Crippen molar-refractivity contribution in [2.24, 2.45) is 0 Å². The number of benzene rings is 1. The second-order valence-electron chi connectivity index (χ2n) is 6.73. The molecule has 0 aliphatic heterocycles. The fourth-order valence-corrected chi connectivity index (χ4v) is 3.13. The molecule has 10 heteroatoms. The molecule has 0 radical (unpaired) electrons. The lowest BCUT2D eigenvalue weighted by Gasteiger charge is -2.17. The molecule has 0 fully saturated rings. The van der Waals surface area contributed by atoms with Gasteiger partial charge in [0.15, 0.2) is 11.2 Å². The Hall–Kier alpha value is -3.30. The lowest BCUT2D eigenvalue weighted by Crippen LogP contribution is -2.41. The minimum Gasteiger partial charge on any atom is -0.464 e. The number of imidazole rings is 1. The van der Waals surface area contributed by atoms with Crippen molar-refractivity contribution < 1.29 is 18.3 Å². The highest BCUT2D eigenvalue weighted by Gasteiger charge is 2.26. The maximum atomic E-state index is 14.5. The van der Waals surface area contributed by atoms with Crippen LogP contribution in [0.3, 0.4) is 0 Å². The Morgan fingerprint density at radius 1 is 1.21 bits per heavy atom. The Balaban J connectivity index is 2.43. The summed E-state index contributed by atoms with van der Waals surface area (Å²) in [5, 5.41) is 0. The van der Waals surface area contributed by atoms with E-state index >= 15 is 0 Å². The number of rotatable bonds is 5. The Bertz CT molecular complexity index is 1210. The molecule has 1 aromatic carbocycles. The highest BCUT2D eigenvalue weighted by atomic mass is 19.1. The molecule has 154 valence electrons. The van der Waals surface area contributed by atoms with Gasteiger partial charge < -0.3 is 9.30 Å². The fourth-order valence-electron chi connectivity index (χ4n) is 3.13. The van der Waals surface area contributed by atoms with Crippen molar-refractivity contribution >= 4 is 17.1 Å². The van der Waals surface area contributed by atoms with Crippen LogP contribution in [0.2, 0.25) is 0 Å². The molecule has 0 spiro atoms. The Kier molecular flexibility index (Phi) is 5.36. The van der Waals surface area contributed by atoms with Gasteiger partial charge in [-0.25, -0.2) is 27.9 Å². The smallest absolute Gasteiger partial charge is 0.337 e. The first-order valence-corrected chi connectivity index (χ1v) is 9.05. The maximum Gasteiger partial charge on any atom is 0.337 e. The molecule has 0 amide bonds. The van der Waals surface area contributed by atoms with E-state index in [1.807, 2.05) is 0 Å². The van der Waals surface area contributed by atoms with E-state index in [1.165, 1.54) is 17.8 Å². The zero-order valence-electron chi connectivity index (χ0n) is 16.3. The molecule has 3 aromatic rings. The number of ether oxygens (including phenoxy) is 1. The fraction of sp³-hybridized carbons (Fsp3) is 0.368. The van der Waals surface area contributed by atoms with Crippen LogP contribution in [0.15, 0.2) is 34.1 Å².